The number of nitrogens with one attached hydrogen (secondary N) is 2. The monoisotopic (exact) mass is 314 g/mol. The Labute approximate surface area is 133 Å². The number of carboxylic acids is 1. The number of anilines is 1. The molecule has 0 bridgehead atoms. The van der Waals surface area contributed by atoms with Crippen LogP contribution in [0.5, 0.6) is 0 Å². The summed E-state index contributed by atoms with van der Waals surface area (Å²) in [6.07, 6.45) is 5.69. The van der Waals surface area contributed by atoms with E-state index in [0.717, 1.165) is 12.0 Å². The van der Waals surface area contributed by atoms with Crippen LogP contribution < -0.4 is 16.0 Å². The van der Waals surface area contributed by atoms with Crippen LogP contribution in [-0.4, -0.2) is 26.8 Å². The Kier molecular flexibility index (Phi) is 5.56. The molecule has 0 radical (unpaired) electrons. The minimum absolute atomic E-state index is 0.381. The highest BCUT2D eigenvalue weighted by molar-refractivity contribution is 5.92. The van der Waals surface area contributed by atoms with Crippen molar-refractivity contribution in [2.75, 3.05) is 5.43 Å². The van der Waals surface area contributed by atoms with E-state index in [0.29, 0.717) is 23.6 Å². The maximum atomic E-state index is 11.3. The Bertz CT molecular complexity index is 691. The molecule has 0 aliphatic heterocycles. The first-order chi connectivity index (χ1) is 11.1. The number of aryl methyl sites for hydroxylation is 1. The number of rotatable bonds is 7. The predicted octanol–water partition coefficient (Wildman–Crippen LogP) is 0.0742. The minimum atomic E-state index is -1.45. The summed E-state index contributed by atoms with van der Waals surface area (Å²) in [5.41, 5.74) is 7.05. The van der Waals surface area contributed by atoms with Crippen LogP contribution in [0.15, 0.2) is 30.7 Å². The molecule has 2 heterocycles. The molecule has 2 N–H and O–H groups in total. The number of hydrogen-bond donors (Lipinski definition) is 2. The summed E-state index contributed by atoms with van der Waals surface area (Å²) >= 11 is 0. The van der Waals surface area contributed by atoms with Crippen molar-refractivity contribution in [1.82, 2.24) is 20.4 Å². The number of carbonyl (C=O) groups excluding carboxylic acids is 2. The van der Waals surface area contributed by atoms with Crippen molar-refractivity contribution in [1.29, 1.82) is 0 Å². The second-order valence-corrected chi connectivity index (χ2v) is 4.76. The summed E-state index contributed by atoms with van der Waals surface area (Å²) in [5.74, 6) is -1.78. The summed E-state index contributed by atoms with van der Waals surface area (Å²) in [4.78, 5) is 34.5. The molecule has 2 aromatic rings. The summed E-state index contributed by atoms with van der Waals surface area (Å²) in [7, 11) is 0. The molecule has 0 unspecified atom stereocenters. The third-order valence-electron chi connectivity index (χ3n) is 2.91. The number of pyridine rings is 1. The molecule has 0 spiro atoms. The van der Waals surface area contributed by atoms with Gasteiger partial charge in [0.25, 0.3) is 0 Å². The Morgan fingerprint density at radius 3 is 2.78 bits per heavy atom. The average molecular weight is 314 g/mol. The van der Waals surface area contributed by atoms with E-state index < -0.39 is 18.3 Å². The first-order valence-corrected chi connectivity index (χ1v) is 7.11. The molecule has 8 heteroatoms. The normalized spacial score (nSPS) is 10.1. The van der Waals surface area contributed by atoms with Gasteiger partial charge in [0.2, 0.25) is 5.91 Å². The van der Waals surface area contributed by atoms with E-state index in [4.69, 9.17) is 0 Å². The van der Waals surface area contributed by atoms with E-state index >= 15 is 0 Å². The number of hydrogen-bond acceptors (Lipinski definition) is 7. The van der Waals surface area contributed by atoms with Crippen molar-refractivity contribution < 1.29 is 14.7 Å². The Morgan fingerprint density at radius 1 is 1.30 bits per heavy atom. The summed E-state index contributed by atoms with van der Waals surface area (Å²) in [6, 6.07) is 3.68. The molecule has 120 valence electrons. The molecule has 0 aliphatic rings. The number of nitrogens with zero attached hydrogens (tertiary/aromatic N) is 3. The standard InChI is InChI=1S/C15H17N5O3/c1-2-4-11-15(20-19-13(21)7-14(22)23)17-9-12(18-11)10-5-3-6-16-8-10/h3,5-6,8-9H,2,4,7H2,1H3,(H,17,20)(H,19,21)(H,22,23)/p-1. The number of carbonyl (C=O) groups is 2. The number of amides is 1. The Morgan fingerprint density at radius 2 is 2.13 bits per heavy atom. The maximum absolute atomic E-state index is 11.3. The summed E-state index contributed by atoms with van der Waals surface area (Å²) < 4.78 is 0. The van der Waals surface area contributed by atoms with Gasteiger partial charge in [-0.3, -0.25) is 20.6 Å². The van der Waals surface area contributed by atoms with E-state index in [9.17, 15) is 14.7 Å². The Hall–Kier alpha value is -3.03. The smallest absolute Gasteiger partial charge is 0.244 e. The first kappa shape index (κ1) is 16.3. The summed E-state index contributed by atoms with van der Waals surface area (Å²) in [6.45, 7) is 2.00. The van der Waals surface area contributed by atoms with E-state index in [2.05, 4.69) is 25.8 Å². The van der Waals surface area contributed by atoms with Crippen molar-refractivity contribution in [3.8, 4) is 11.3 Å². The van der Waals surface area contributed by atoms with E-state index in [-0.39, 0.29) is 0 Å². The van der Waals surface area contributed by atoms with Gasteiger partial charge >= 0.3 is 0 Å². The summed E-state index contributed by atoms with van der Waals surface area (Å²) in [5, 5.41) is 10.4. The van der Waals surface area contributed by atoms with E-state index in [1.165, 1.54) is 0 Å². The molecular weight excluding hydrogens is 298 g/mol. The fraction of sp³-hybridized carbons (Fsp3) is 0.267. The Balaban J connectivity index is 2.16. The molecule has 8 nitrogen and oxygen atoms in total. The van der Waals surface area contributed by atoms with Crippen molar-refractivity contribution >= 4 is 17.7 Å². The SMILES string of the molecule is CCCc1nc(-c2cccnc2)cnc1NNC(=O)CC(=O)[O-]. The maximum Gasteiger partial charge on any atom is 0.244 e. The minimum Gasteiger partial charge on any atom is -0.550 e. The molecule has 23 heavy (non-hydrogen) atoms. The van der Waals surface area contributed by atoms with Gasteiger partial charge < -0.3 is 9.90 Å². The van der Waals surface area contributed by atoms with Gasteiger partial charge in [0.1, 0.15) is 0 Å². The van der Waals surface area contributed by atoms with E-state index in [1.54, 1.807) is 18.6 Å². The molecule has 0 saturated carbocycles. The predicted molar refractivity (Wildman–Crippen MR) is 80.6 cm³/mol. The van der Waals surface area contributed by atoms with Crippen molar-refractivity contribution in [2.24, 2.45) is 0 Å². The van der Waals surface area contributed by atoms with E-state index in [1.807, 2.05) is 19.1 Å². The van der Waals surface area contributed by atoms with Gasteiger partial charge in [-0.25, -0.2) is 9.97 Å². The molecule has 2 rings (SSSR count). The second-order valence-electron chi connectivity index (χ2n) is 4.76. The lowest BCUT2D eigenvalue weighted by Gasteiger charge is -2.12. The molecule has 0 fully saturated rings. The quantitative estimate of drug-likeness (QED) is 0.548. The van der Waals surface area contributed by atoms with Gasteiger partial charge in [-0.15, -0.1) is 0 Å². The fourth-order valence-corrected chi connectivity index (χ4v) is 1.90. The number of aromatic nitrogens is 3. The zero-order valence-corrected chi connectivity index (χ0v) is 12.6. The van der Waals surface area contributed by atoms with Gasteiger partial charge in [0.15, 0.2) is 5.82 Å². The molecule has 2 aromatic heterocycles. The van der Waals surface area contributed by atoms with Gasteiger partial charge in [0.05, 0.1) is 30.0 Å². The van der Waals surface area contributed by atoms with Crippen molar-refractivity contribution in [3.63, 3.8) is 0 Å². The zero-order valence-electron chi connectivity index (χ0n) is 12.6. The molecule has 0 saturated heterocycles. The van der Waals surface area contributed by atoms with Gasteiger partial charge in [-0.2, -0.15) is 0 Å². The third-order valence-corrected chi connectivity index (χ3v) is 2.91. The lowest BCUT2D eigenvalue weighted by molar-refractivity contribution is -0.304. The van der Waals surface area contributed by atoms with Crippen LogP contribution in [-0.2, 0) is 16.0 Å². The lowest BCUT2D eigenvalue weighted by atomic mass is 10.2. The second kappa shape index (κ2) is 7.83. The van der Waals surface area contributed by atoms with Crippen LogP contribution >= 0.6 is 0 Å². The zero-order chi connectivity index (χ0) is 16.7. The third kappa shape index (κ3) is 4.73. The highest BCUT2D eigenvalue weighted by Crippen LogP contribution is 2.19. The average Bonchev–Trinajstić information content (AvgIpc) is 2.54. The van der Waals surface area contributed by atoms with Crippen LogP contribution in [0.3, 0.4) is 0 Å². The topological polar surface area (TPSA) is 120 Å². The van der Waals surface area contributed by atoms with Crippen LogP contribution in [0.25, 0.3) is 11.3 Å². The molecule has 0 atom stereocenters. The largest absolute Gasteiger partial charge is 0.550 e. The molecule has 0 aliphatic carbocycles. The van der Waals surface area contributed by atoms with Crippen LogP contribution in [0.2, 0.25) is 0 Å². The molecular formula is C15H16N5O3-. The highest BCUT2D eigenvalue weighted by atomic mass is 16.4. The molecule has 0 aromatic carbocycles. The van der Waals surface area contributed by atoms with Gasteiger partial charge in [0, 0.05) is 18.0 Å². The fourth-order valence-electron chi connectivity index (χ4n) is 1.90. The highest BCUT2D eigenvalue weighted by Gasteiger charge is 2.10. The van der Waals surface area contributed by atoms with Crippen LogP contribution in [0.1, 0.15) is 25.5 Å². The first-order valence-electron chi connectivity index (χ1n) is 7.11. The van der Waals surface area contributed by atoms with Crippen LogP contribution in [0, 0.1) is 0 Å². The van der Waals surface area contributed by atoms with Gasteiger partial charge in [-0.1, -0.05) is 13.3 Å². The number of aliphatic carboxylic acids is 1. The van der Waals surface area contributed by atoms with Crippen molar-refractivity contribution in [2.45, 2.75) is 26.2 Å². The van der Waals surface area contributed by atoms with Crippen molar-refractivity contribution in [3.05, 3.63) is 36.4 Å². The van der Waals surface area contributed by atoms with Crippen LogP contribution in [0.4, 0.5) is 5.82 Å². The van der Waals surface area contributed by atoms with Gasteiger partial charge in [-0.05, 0) is 18.6 Å². The lowest BCUT2D eigenvalue weighted by Crippen LogP contribution is -2.36. The number of carboxylic acid groups (broad SMARTS) is 1. The number of hydrazine groups is 1. The molecule has 1 amide bonds.